The van der Waals surface area contributed by atoms with Gasteiger partial charge < -0.3 is 0 Å². The number of unbranched alkanes of at least 4 members (excludes halogenated alkanes) is 2. The fourth-order valence-electron chi connectivity index (χ4n) is 0.701. The first-order valence-electron chi connectivity index (χ1n) is 3.48. The molecule has 0 fully saturated rings. The molecule has 1 atom stereocenters. The van der Waals surface area contributed by atoms with E-state index in [1.54, 1.807) is 22.5 Å². The van der Waals surface area contributed by atoms with Crippen LogP contribution in [0.15, 0.2) is 0 Å². The minimum Gasteiger partial charge on any atom is -0.147 e. The van der Waals surface area contributed by atoms with Crippen molar-refractivity contribution in [3.63, 3.8) is 0 Å². The maximum atomic E-state index is 2.33. The van der Waals surface area contributed by atoms with Gasteiger partial charge in [-0.1, -0.05) is 0 Å². The fourth-order valence-corrected chi connectivity index (χ4v) is 1.28. The molecule has 10 heavy (non-hydrogen) atoms. The Morgan fingerprint density at radius 1 is 1.20 bits per heavy atom. The molecule has 0 amide bonds. The van der Waals surface area contributed by atoms with Crippen LogP contribution in [0.2, 0.25) is 3.93 Å². The van der Waals surface area contributed by atoms with Gasteiger partial charge in [0.1, 0.15) is 0 Å². The van der Waals surface area contributed by atoms with Gasteiger partial charge in [0, 0.05) is 0 Å². The third-order valence-corrected chi connectivity index (χ3v) is 2.06. The van der Waals surface area contributed by atoms with Crippen molar-refractivity contribution < 1.29 is 0 Å². The van der Waals surface area contributed by atoms with Crippen molar-refractivity contribution in [2.75, 3.05) is 0 Å². The topological polar surface area (TPSA) is 0 Å². The number of hydrogen-bond acceptors (Lipinski definition) is 0. The molecule has 0 nitrogen and oxygen atoms in total. The van der Waals surface area contributed by atoms with E-state index >= 15 is 0 Å². The van der Waals surface area contributed by atoms with Gasteiger partial charge >= 0.3 is 66.0 Å². The molecule has 0 aromatic rings. The van der Waals surface area contributed by atoms with E-state index in [9.17, 15) is 0 Å². The molecule has 3 heteroatoms. The Balaban J connectivity index is -0.000000245. The maximum absolute atomic E-state index is 2.33. The Morgan fingerprint density at radius 3 is 2.00 bits per heavy atom. The molecule has 0 aliphatic heterocycles. The van der Waals surface area contributed by atoms with Gasteiger partial charge in [-0.2, -0.15) is 0 Å². The minimum atomic E-state index is 0. The quantitative estimate of drug-likeness (QED) is 0.550. The summed E-state index contributed by atoms with van der Waals surface area (Å²) in [5.74, 6) is 0. The molecule has 0 saturated heterocycles. The van der Waals surface area contributed by atoms with E-state index in [1.807, 2.05) is 0 Å². The van der Waals surface area contributed by atoms with E-state index in [1.165, 1.54) is 25.7 Å². The van der Waals surface area contributed by atoms with E-state index in [0.717, 1.165) is 3.93 Å². The van der Waals surface area contributed by atoms with Gasteiger partial charge in [-0.05, 0) is 0 Å². The van der Waals surface area contributed by atoms with Crippen LogP contribution in [-0.2, 0) is 0 Å². The van der Waals surface area contributed by atoms with Crippen LogP contribution in [0.3, 0.4) is 0 Å². The number of rotatable bonds is 4. The van der Waals surface area contributed by atoms with Crippen LogP contribution in [0.5, 0.6) is 0 Å². The van der Waals surface area contributed by atoms with E-state index in [0.29, 0.717) is 0 Å². The molecule has 0 rings (SSSR count). The average Bonchev–Trinajstić information content (AvgIpc) is 1.66. The van der Waals surface area contributed by atoms with E-state index < -0.39 is 0 Å². The molecule has 0 saturated carbocycles. The largest absolute Gasteiger partial charge is 0.147 e. The molecule has 63 valence electrons. The molecule has 0 aliphatic carbocycles. The van der Waals surface area contributed by atoms with Crippen LogP contribution >= 0.6 is 24.8 Å². The van der Waals surface area contributed by atoms with Crippen molar-refractivity contribution in [2.45, 2.75) is 43.5 Å². The van der Waals surface area contributed by atoms with Crippen molar-refractivity contribution in [2.24, 2.45) is 0 Å². The zero-order valence-corrected chi connectivity index (χ0v) is 11.2. The molecule has 0 aromatic carbocycles. The molecule has 0 bridgehead atoms. The zero-order valence-electron chi connectivity index (χ0n) is 6.72. The molecule has 0 N–H and O–H groups in total. The molecule has 3 radical (unpaired) electrons. The maximum Gasteiger partial charge on any atom is -0.147 e. The van der Waals surface area contributed by atoms with Crippen molar-refractivity contribution in [3.05, 3.63) is 0 Å². The van der Waals surface area contributed by atoms with Gasteiger partial charge in [0.05, 0.1) is 0 Å². The Hall–Kier alpha value is 1.38. The Kier molecular flexibility index (Phi) is 22.7. The first-order chi connectivity index (χ1) is 3.77. The third kappa shape index (κ3) is 16.2. The summed E-state index contributed by atoms with van der Waals surface area (Å²) >= 11 is 1.70. The zero-order chi connectivity index (χ0) is 6.41. The Labute approximate surface area is 90.4 Å². The summed E-state index contributed by atoms with van der Waals surface area (Å²) in [6.45, 7) is 4.59. The minimum absolute atomic E-state index is 0. The van der Waals surface area contributed by atoms with E-state index in [-0.39, 0.29) is 24.8 Å². The van der Waals surface area contributed by atoms with Gasteiger partial charge in [0.25, 0.3) is 0 Å². The molecule has 1 unspecified atom stereocenters. The Bertz CT molecular complexity index is 48.9. The first-order valence-corrected chi connectivity index (χ1v) is 5.13. The molecule has 0 aliphatic rings. The summed E-state index contributed by atoms with van der Waals surface area (Å²) in [4.78, 5) is 0. The molecule has 0 aromatic heterocycles. The van der Waals surface area contributed by atoms with Crippen LogP contribution in [0.1, 0.15) is 39.5 Å². The van der Waals surface area contributed by atoms with Gasteiger partial charge in [-0.25, -0.2) is 0 Å². The summed E-state index contributed by atoms with van der Waals surface area (Å²) in [7, 11) is 0. The standard InChI is InChI=1S/C7H15.2ClH.Sn/c1-3-5-7-6-4-2;;;/h3H,4-7H2,1-2H3;2*1H;. The van der Waals surface area contributed by atoms with E-state index in [2.05, 4.69) is 13.8 Å². The number of hydrogen-bond donors (Lipinski definition) is 0. The summed E-state index contributed by atoms with van der Waals surface area (Å²) in [6.07, 6.45) is 5.69. The van der Waals surface area contributed by atoms with Gasteiger partial charge in [0.2, 0.25) is 0 Å². The Morgan fingerprint density at radius 2 is 1.70 bits per heavy atom. The average molecular weight is 291 g/mol. The van der Waals surface area contributed by atoms with Crippen molar-refractivity contribution >= 4 is 47.3 Å². The first kappa shape index (κ1) is 17.5. The number of halogens is 2. The summed E-state index contributed by atoms with van der Waals surface area (Å²) in [5, 5.41) is 0. The van der Waals surface area contributed by atoms with Crippen molar-refractivity contribution in [3.8, 4) is 0 Å². The normalized spacial score (nSPS) is 11.1. The van der Waals surface area contributed by atoms with Crippen LogP contribution in [0.25, 0.3) is 0 Å². The van der Waals surface area contributed by atoms with Crippen LogP contribution in [-0.4, -0.2) is 22.5 Å². The van der Waals surface area contributed by atoms with Crippen molar-refractivity contribution in [1.29, 1.82) is 0 Å². The van der Waals surface area contributed by atoms with Crippen molar-refractivity contribution in [1.82, 2.24) is 0 Å². The smallest absolute Gasteiger partial charge is 0.147 e. The predicted molar refractivity (Wildman–Crippen MR) is 53.8 cm³/mol. The van der Waals surface area contributed by atoms with Crippen LogP contribution in [0, 0.1) is 0 Å². The van der Waals surface area contributed by atoms with Gasteiger partial charge in [-0.15, -0.1) is 24.8 Å². The fraction of sp³-hybridized carbons (Fsp3) is 1.00. The van der Waals surface area contributed by atoms with Gasteiger partial charge in [0.15, 0.2) is 0 Å². The van der Waals surface area contributed by atoms with Crippen LogP contribution in [0.4, 0.5) is 0 Å². The van der Waals surface area contributed by atoms with Gasteiger partial charge in [-0.3, -0.25) is 0 Å². The molecular formula is C7H17Cl2Sn. The summed E-state index contributed by atoms with van der Waals surface area (Å²) < 4.78 is 0.994. The SMILES string of the molecule is CCCCC[CH](C)[Sn].Cl.Cl. The second kappa shape index (κ2) is 13.0. The second-order valence-corrected chi connectivity index (χ2v) is 5.21. The predicted octanol–water partition coefficient (Wildman–Crippen LogP) is 3.39. The van der Waals surface area contributed by atoms with Crippen LogP contribution < -0.4 is 0 Å². The molecule has 0 spiro atoms. The third-order valence-electron chi connectivity index (χ3n) is 1.24. The molecule has 0 heterocycles. The summed E-state index contributed by atoms with van der Waals surface area (Å²) in [6, 6.07) is 0. The monoisotopic (exact) mass is 291 g/mol. The summed E-state index contributed by atoms with van der Waals surface area (Å²) in [5.41, 5.74) is 0. The van der Waals surface area contributed by atoms with E-state index in [4.69, 9.17) is 0 Å². The second-order valence-electron chi connectivity index (χ2n) is 2.40. The molecular weight excluding hydrogens is 274 g/mol.